The normalized spacial score (nSPS) is 16.9. The number of rotatable bonds is 5. The summed E-state index contributed by atoms with van der Waals surface area (Å²) < 4.78 is 5.83. The van der Waals surface area contributed by atoms with Gasteiger partial charge in [-0.05, 0) is 55.3 Å². The minimum atomic E-state index is -1.06. The lowest BCUT2D eigenvalue weighted by Gasteiger charge is -2.22. The van der Waals surface area contributed by atoms with Gasteiger partial charge in [0.1, 0.15) is 17.6 Å². The molecule has 186 valence electrons. The summed E-state index contributed by atoms with van der Waals surface area (Å²) in [6.07, 6.45) is 1.53. The van der Waals surface area contributed by atoms with Crippen LogP contribution in [0, 0.1) is 24.0 Å². The largest absolute Gasteiger partial charge is 0.507 e. The molecule has 10 nitrogen and oxygen atoms in total. The Hall–Kier alpha value is -4.64. The molecule has 1 unspecified atom stereocenters. The number of aryl methyl sites for hydroxylation is 2. The SMILES string of the molecule is COc1cc(C)c(/C(O)=C2\C(=O)C(=O)N(c3nc4ccc([N+](=O)[O-])cc4s3)C2c2ccccn2)cc1C. The highest BCUT2D eigenvalue weighted by Crippen LogP contribution is 2.44. The number of hydrogen-bond donors (Lipinski definition) is 1. The monoisotopic (exact) mass is 516 g/mol. The van der Waals surface area contributed by atoms with Gasteiger partial charge in [0.15, 0.2) is 5.13 Å². The highest BCUT2D eigenvalue weighted by atomic mass is 32.1. The Morgan fingerprint density at radius 3 is 2.59 bits per heavy atom. The average Bonchev–Trinajstić information content (AvgIpc) is 3.42. The number of nitrogens with zero attached hydrogens (tertiary/aromatic N) is 4. The number of carbonyl (C=O) groups is 2. The Labute approximate surface area is 214 Å². The number of non-ortho nitro benzene ring substituents is 1. The van der Waals surface area contributed by atoms with Crippen molar-refractivity contribution in [3.8, 4) is 5.75 Å². The standard InChI is InChI=1S/C26H20N4O6S/c1-13-11-19(36-3)14(2)10-16(13)23(31)21-22(18-6-4-5-9-27-18)29(25(33)24(21)32)26-28-17-8-7-15(30(34)35)12-20(17)37-26/h4-12,22,31H,1-3H3/b23-21+. The zero-order valence-electron chi connectivity index (χ0n) is 20.0. The van der Waals surface area contributed by atoms with Gasteiger partial charge in [0.25, 0.3) is 11.5 Å². The van der Waals surface area contributed by atoms with Crippen LogP contribution in [-0.2, 0) is 9.59 Å². The number of methoxy groups -OCH3 is 1. The molecule has 1 saturated heterocycles. The molecule has 2 aromatic heterocycles. The summed E-state index contributed by atoms with van der Waals surface area (Å²) in [4.78, 5) is 47.5. The Bertz CT molecular complexity index is 1630. The van der Waals surface area contributed by atoms with Crippen molar-refractivity contribution in [2.45, 2.75) is 19.9 Å². The Kier molecular flexibility index (Phi) is 5.92. The van der Waals surface area contributed by atoms with Gasteiger partial charge in [-0.25, -0.2) is 4.98 Å². The summed E-state index contributed by atoms with van der Waals surface area (Å²) in [5, 5.41) is 22.8. The third-order valence-corrected chi connectivity index (χ3v) is 7.20. The van der Waals surface area contributed by atoms with E-state index in [9.17, 15) is 24.8 Å². The molecule has 2 aromatic carbocycles. The quantitative estimate of drug-likeness (QED) is 0.131. The number of ketones is 1. The molecule has 1 N–H and O–H groups in total. The molecule has 0 bridgehead atoms. The number of nitro groups is 1. The van der Waals surface area contributed by atoms with Gasteiger partial charge in [-0.2, -0.15) is 0 Å². The van der Waals surface area contributed by atoms with Crippen molar-refractivity contribution in [1.82, 2.24) is 9.97 Å². The summed E-state index contributed by atoms with van der Waals surface area (Å²) in [6.45, 7) is 3.58. The molecule has 1 atom stereocenters. The van der Waals surface area contributed by atoms with Crippen LogP contribution in [0.15, 0.2) is 60.3 Å². The van der Waals surface area contributed by atoms with E-state index in [0.717, 1.165) is 16.9 Å². The van der Waals surface area contributed by atoms with E-state index < -0.39 is 22.7 Å². The van der Waals surface area contributed by atoms with E-state index in [-0.39, 0.29) is 22.2 Å². The zero-order chi connectivity index (χ0) is 26.4. The highest BCUT2D eigenvalue weighted by Gasteiger charge is 2.49. The number of benzene rings is 2. The molecule has 4 aromatic rings. The molecular formula is C26H20N4O6S. The molecule has 1 fully saturated rings. The van der Waals surface area contributed by atoms with Gasteiger partial charge in [0.05, 0.1) is 33.5 Å². The van der Waals surface area contributed by atoms with Crippen LogP contribution in [0.1, 0.15) is 28.4 Å². The fraction of sp³-hybridized carbons (Fsp3) is 0.154. The maximum atomic E-state index is 13.4. The van der Waals surface area contributed by atoms with Gasteiger partial charge in [0, 0.05) is 23.9 Å². The number of aromatic nitrogens is 2. The number of amides is 1. The average molecular weight is 517 g/mol. The molecule has 5 rings (SSSR count). The first-order valence-electron chi connectivity index (χ1n) is 11.1. The summed E-state index contributed by atoms with van der Waals surface area (Å²) in [5.41, 5.74) is 2.34. The summed E-state index contributed by atoms with van der Waals surface area (Å²) >= 11 is 1.04. The molecule has 1 amide bonds. The van der Waals surface area contributed by atoms with Crippen molar-refractivity contribution in [2.75, 3.05) is 12.0 Å². The summed E-state index contributed by atoms with van der Waals surface area (Å²) in [7, 11) is 1.54. The number of fused-ring (bicyclic) bond motifs is 1. The maximum Gasteiger partial charge on any atom is 0.301 e. The lowest BCUT2D eigenvalue weighted by Crippen LogP contribution is -2.29. The first-order valence-corrected chi connectivity index (χ1v) is 12.0. The lowest BCUT2D eigenvalue weighted by molar-refractivity contribution is -0.384. The van der Waals surface area contributed by atoms with Crippen LogP contribution in [0.2, 0.25) is 0 Å². The van der Waals surface area contributed by atoms with Crippen molar-refractivity contribution in [1.29, 1.82) is 0 Å². The number of thiazole rings is 1. The number of hydrogen-bond acceptors (Lipinski definition) is 9. The molecule has 37 heavy (non-hydrogen) atoms. The van der Waals surface area contributed by atoms with Crippen LogP contribution in [-0.4, -0.2) is 38.8 Å². The molecule has 0 saturated carbocycles. The molecule has 11 heteroatoms. The van der Waals surface area contributed by atoms with Gasteiger partial charge in [-0.15, -0.1) is 0 Å². The first-order chi connectivity index (χ1) is 17.7. The van der Waals surface area contributed by atoms with E-state index in [0.29, 0.717) is 32.8 Å². The van der Waals surface area contributed by atoms with Gasteiger partial charge < -0.3 is 9.84 Å². The summed E-state index contributed by atoms with van der Waals surface area (Å²) in [5.74, 6) is -1.48. The number of Topliss-reactive ketones (excluding diaryl/α,β-unsaturated/α-hetero) is 1. The maximum absolute atomic E-state index is 13.4. The zero-order valence-corrected chi connectivity index (χ0v) is 20.8. The lowest BCUT2D eigenvalue weighted by atomic mass is 9.95. The number of carbonyl (C=O) groups excluding carboxylic acids is 2. The Balaban J connectivity index is 1.72. The number of anilines is 1. The van der Waals surface area contributed by atoms with Gasteiger partial charge in [-0.1, -0.05) is 17.4 Å². The van der Waals surface area contributed by atoms with Gasteiger partial charge >= 0.3 is 5.91 Å². The fourth-order valence-corrected chi connectivity index (χ4v) is 5.40. The molecule has 1 aliphatic rings. The molecule has 0 aliphatic carbocycles. The van der Waals surface area contributed by atoms with Gasteiger partial charge in [0.2, 0.25) is 0 Å². The van der Waals surface area contributed by atoms with Crippen molar-refractivity contribution in [3.05, 3.63) is 92.8 Å². The second kappa shape index (κ2) is 9.10. The molecule has 3 heterocycles. The Morgan fingerprint density at radius 2 is 1.92 bits per heavy atom. The highest BCUT2D eigenvalue weighted by molar-refractivity contribution is 7.22. The van der Waals surface area contributed by atoms with E-state index in [4.69, 9.17) is 4.74 Å². The van der Waals surface area contributed by atoms with Crippen LogP contribution < -0.4 is 9.64 Å². The van der Waals surface area contributed by atoms with Crippen LogP contribution in [0.4, 0.5) is 10.8 Å². The van der Waals surface area contributed by atoms with E-state index in [2.05, 4.69) is 9.97 Å². The third kappa shape index (κ3) is 3.99. The molecule has 1 aliphatic heterocycles. The minimum absolute atomic E-state index is 0.114. The fourth-order valence-electron chi connectivity index (χ4n) is 4.37. The smallest absolute Gasteiger partial charge is 0.301 e. The second-order valence-corrected chi connectivity index (χ2v) is 9.48. The van der Waals surface area contributed by atoms with Gasteiger partial charge in [-0.3, -0.25) is 29.6 Å². The minimum Gasteiger partial charge on any atom is -0.507 e. The number of aliphatic hydroxyl groups is 1. The van der Waals surface area contributed by atoms with Crippen molar-refractivity contribution in [3.63, 3.8) is 0 Å². The number of nitro benzene ring substituents is 1. The second-order valence-electron chi connectivity index (χ2n) is 8.47. The van der Waals surface area contributed by atoms with E-state index in [1.165, 1.54) is 29.3 Å². The number of ether oxygens (including phenoxy) is 1. The predicted molar refractivity (Wildman–Crippen MR) is 138 cm³/mol. The topological polar surface area (TPSA) is 136 Å². The summed E-state index contributed by atoms with van der Waals surface area (Å²) in [6, 6.07) is 11.6. The predicted octanol–water partition coefficient (Wildman–Crippen LogP) is 4.85. The van der Waals surface area contributed by atoms with E-state index in [1.54, 1.807) is 44.4 Å². The van der Waals surface area contributed by atoms with Crippen molar-refractivity contribution in [2.24, 2.45) is 0 Å². The van der Waals surface area contributed by atoms with Crippen molar-refractivity contribution < 1.29 is 24.4 Å². The van der Waals surface area contributed by atoms with Crippen molar-refractivity contribution >= 4 is 49.8 Å². The first kappa shape index (κ1) is 24.1. The number of pyridine rings is 1. The van der Waals surface area contributed by atoms with Crippen LogP contribution in [0.3, 0.4) is 0 Å². The van der Waals surface area contributed by atoms with E-state index in [1.807, 2.05) is 6.92 Å². The van der Waals surface area contributed by atoms with Crippen LogP contribution >= 0.6 is 11.3 Å². The molecule has 0 radical (unpaired) electrons. The van der Waals surface area contributed by atoms with E-state index >= 15 is 0 Å². The van der Waals surface area contributed by atoms with Crippen LogP contribution in [0.25, 0.3) is 16.0 Å². The number of aliphatic hydroxyl groups excluding tert-OH is 1. The molecule has 0 spiro atoms. The Morgan fingerprint density at radius 1 is 1.14 bits per heavy atom. The van der Waals surface area contributed by atoms with Crippen LogP contribution in [0.5, 0.6) is 5.75 Å². The molecular weight excluding hydrogens is 496 g/mol. The third-order valence-electron chi connectivity index (χ3n) is 6.19.